The first-order chi connectivity index (χ1) is 9.77. The molecule has 1 N–H and O–H groups in total. The summed E-state index contributed by atoms with van der Waals surface area (Å²) in [5.74, 6) is -0.288. The highest BCUT2D eigenvalue weighted by Crippen LogP contribution is 2.27. The lowest BCUT2D eigenvalue weighted by Crippen LogP contribution is -2.09. The van der Waals surface area contributed by atoms with Crippen molar-refractivity contribution in [2.45, 2.75) is 18.7 Å². The fourth-order valence-corrected chi connectivity index (χ4v) is 2.77. The van der Waals surface area contributed by atoms with E-state index in [0.717, 1.165) is 11.9 Å². The Labute approximate surface area is 123 Å². The van der Waals surface area contributed by atoms with Gasteiger partial charge in [-0.1, -0.05) is 0 Å². The Morgan fingerprint density at radius 3 is 2.52 bits per heavy atom. The largest absolute Gasteiger partial charge is 0.325 e. The van der Waals surface area contributed by atoms with E-state index in [1.54, 1.807) is 18.3 Å². The predicted molar refractivity (Wildman–Crippen MR) is 79.6 cm³/mol. The second kappa shape index (κ2) is 5.61. The molecule has 7 heteroatoms. The quantitative estimate of drug-likeness (QED) is 0.934. The van der Waals surface area contributed by atoms with Gasteiger partial charge in [-0.3, -0.25) is 14.8 Å². The number of hydrogen-bond donors (Lipinski definition) is 1. The maximum absolute atomic E-state index is 12.0. The van der Waals surface area contributed by atoms with Gasteiger partial charge in [-0.2, -0.15) is 0 Å². The zero-order chi connectivity index (χ0) is 15.6. The maximum Gasteiger partial charge on any atom is 0.221 e. The summed E-state index contributed by atoms with van der Waals surface area (Å²) in [5.41, 5.74) is 2.12. The first kappa shape index (κ1) is 15.1. The van der Waals surface area contributed by atoms with Crippen LogP contribution in [0.4, 0.5) is 5.69 Å². The van der Waals surface area contributed by atoms with Gasteiger partial charge in [0.15, 0.2) is 9.84 Å². The van der Waals surface area contributed by atoms with Gasteiger partial charge in [-0.15, -0.1) is 0 Å². The summed E-state index contributed by atoms with van der Waals surface area (Å²) in [6.45, 7) is 3.16. The molecular formula is C14H15N3O3S. The lowest BCUT2D eigenvalue weighted by atomic mass is 10.1. The van der Waals surface area contributed by atoms with Crippen LogP contribution >= 0.6 is 0 Å². The second-order valence-electron chi connectivity index (χ2n) is 4.71. The highest BCUT2D eigenvalue weighted by Gasteiger charge is 2.17. The summed E-state index contributed by atoms with van der Waals surface area (Å²) in [6.07, 6.45) is 4.14. The molecule has 0 spiro atoms. The van der Waals surface area contributed by atoms with E-state index >= 15 is 0 Å². The Kier molecular flexibility index (Phi) is 4.04. The van der Waals surface area contributed by atoms with Gasteiger partial charge in [-0.25, -0.2) is 8.42 Å². The number of aryl methyl sites for hydroxylation is 1. The van der Waals surface area contributed by atoms with Crippen LogP contribution in [0.5, 0.6) is 0 Å². The number of nitrogens with one attached hydrogen (secondary N) is 1. The average Bonchev–Trinajstić information content (AvgIpc) is 2.37. The molecule has 6 nitrogen and oxygen atoms in total. The van der Waals surface area contributed by atoms with Gasteiger partial charge in [0.1, 0.15) is 0 Å². The van der Waals surface area contributed by atoms with Crippen LogP contribution < -0.4 is 5.32 Å². The lowest BCUT2D eigenvalue weighted by Gasteiger charge is -2.10. The third-order valence-corrected chi connectivity index (χ3v) is 3.85. The molecule has 0 aliphatic carbocycles. The molecule has 2 rings (SSSR count). The first-order valence-corrected chi connectivity index (χ1v) is 8.07. The highest BCUT2D eigenvalue weighted by molar-refractivity contribution is 7.90. The van der Waals surface area contributed by atoms with Crippen molar-refractivity contribution in [2.75, 3.05) is 11.6 Å². The average molecular weight is 305 g/mol. The van der Waals surface area contributed by atoms with Crippen LogP contribution in [0.15, 0.2) is 35.5 Å². The van der Waals surface area contributed by atoms with Crippen LogP contribution in [0.25, 0.3) is 11.3 Å². The van der Waals surface area contributed by atoms with E-state index in [0.29, 0.717) is 16.9 Å². The van der Waals surface area contributed by atoms with Crippen LogP contribution in [0.3, 0.4) is 0 Å². The smallest absolute Gasteiger partial charge is 0.221 e. The van der Waals surface area contributed by atoms with Crippen molar-refractivity contribution in [3.05, 3.63) is 36.3 Å². The van der Waals surface area contributed by atoms with E-state index in [2.05, 4.69) is 15.3 Å². The molecule has 2 aromatic rings. The summed E-state index contributed by atoms with van der Waals surface area (Å²) in [6, 6.07) is 4.87. The number of nitrogens with zero attached hydrogens (tertiary/aromatic N) is 2. The number of hydrogen-bond acceptors (Lipinski definition) is 5. The summed E-state index contributed by atoms with van der Waals surface area (Å²) in [5, 5.41) is 2.53. The van der Waals surface area contributed by atoms with Crippen LogP contribution in [-0.2, 0) is 14.6 Å². The highest BCUT2D eigenvalue weighted by atomic mass is 32.2. The van der Waals surface area contributed by atoms with Crippen LogP contribution in [0, 0.1) is 6.92 Å². The Morgan fingerprint density at radius 1 is 1.24 bits per heavy atom. The van der Waals surface area contributed by atoms with Crippen LogP contribution in [-0.4, -0.2) is 30.5 Å². The number of carbonyl (C=O) groups is 1. The molecule has 0 radical (unpaired) electrons. The van der Waals surface area contributed by atoms with Gasteiger partial charge in [0.05, 0.1) is 22.5 Å². The molecule has 110 valence electrons. The van der Waals surface area contributed by atoms with Crippen molar-refractivity contribution in [3.63, 3.8) is 0 Å². The Morgan fingerprint density at radius 2 is 1.95 bits per heavy atom. The number of carbonyl (C=O) groups excluding carboxylic acids is 1. The third kappa shape index (κ3) is 3.63. The SMILES string of the molecule is CC(=O)Nc1cnc(-c2ccnc(C)c2)c(S(C)(=O)=O)c1. The van der Waals surface area contributed by atoms with Crippen molar-refractivity contribution in [2.24, 2.45) is 0 Å². The number of pyridine rings is 2. The van der Waals surface area contributed by atoms with Gasteiger partial charge in [0.2, 0.25) is 5.91 Å². The Balaban J connectivity index is 2.63. The first-order valence-electron chi connectivity index (χ1n) is 6.18. The molecule has 0 aliphatic rings. The molecule has 0 saturated carbocycles. The Hall–Kier alpha value is -2.28. The van der Waals surface area contributed by atoms with Gasteiger partial charge in [0.25, 0.3) is 0 Å². The van der Waals surface area contributed by atoms with Gasteiger partial charge < -0.3 is 5.32 Å². The van der Waals surface area contributed by atoms with E-state index in [4.69, 9.17) is 0 Å². The molecule has 21 heavy (non-hydrogen) atoms. The molecule has 1 amide bonds. The van der Waals surface area contributed by atoms with E-state index < -0.39 is 9.84 Å². The lowest BCUT2D eigenvalue weighted by molar-refractivity contribution is -0.114. The summed E-state index contributed by atoms with van der Waals surface area (Å²) in [7, 11) is -3.49. The fourth-order valence-electron chi connectivity index (χ4n) is 1.91. The van der Waals surface area contributed by atoms with E-state index in [1.165, 1.54) is 19.2 Å². The standard InChI is InChI=1S/C14H15N3O3S/c1-9-6-11(4-5-15-9)14-13(21(3,19)20)7-12(8-16-14)17-10(2)18/h4-8H,1-3H3,(H,17,18). The molecule has 0 unspecified atom stereocenters. The topological polar surface area (TPSA) is 89.0 Å². The molecule has 2 heterocycles. The monoisotopic (exact) mass is 305 g/mol. The molecule has 0 atom stereocenters. The summed E-state index contributed by atoms with van der Waals surface area (Å²) < 4.78 is 24.0. The fraction of sp³-hybridized carbons (Fsp3) is 0.214. The van der Waals surface area contributed by atoms with Crippen molar-refractivity contribution >= 4 is 21.4 Å². The van der Waals surface area contributed by atoms with Crippen molar-refractivity contribution in [3.8, 4) is 11.3 Å². The molecule has 0 saturated heterocycles. The van der Waals surface area contributed by atoms with E-state index in [1.807, 2.05) is 6.92 Å². The minimum Gasteiger partial charge on any atom is -0.325 e. The molecule has 0 aromatic carbocycles. The second-order valence-corrected chi connectivity index (χ2v) is 6.69. The molecule has 0 aliphatic heterocycles. The molecular weight excluding hydrogens is 290 g/mol. The number of aromatic nitrogens is 2. The number of sulfone groups is 1. The van der Waals surface area contributed by atoms with Gasteiger partial charge in [-0.05, 0) is 25.1 Å². The summed E-state index contributed by atoms with van der Waals surface area (Å²) in [4.78, 5) is 19.4. The van der Waals surface area contributed by atoms with Crippen molar-refractivity contribution < 1.29 is 13.2 Å². The zero-order valence-electron chi connectivity index (χ0n) is 11.9. The minimum absolute atomic E-state index is 0.0688. The number of anilines is 1. The summed E-state index contributed by atoms with van der Waals surface area (Å²) >= 11 is 0. The van der Waals surface area contributed by atoms with Crippen LogP contribution in [0.2, 0.25) is 0 Å². The molecule has 0 fully saturated rings. The minimum atomic E-state index is -3.49. The van der Waals surface area contributed by atoms with Crippen molar-refractivity contribution in [1.29, 1.82) is 0 Å². The van der Waals surface area contributed by atoms with Crippen LogP contribution in [0.1, 0.15) is 12.6 Å². The van der Waals surface area contributed by atoms with Crippen molar-refractivity contribution in [1.82, 2.24) is 9.97 Å². The Bertz CT molecular complexity index is 801. The van der Waals surface area contributed by atoms with Gasteiger partial charge in [0, 0.05) is 30.6 Å². The van der Waals surface area contributed by atoms with Gasteiger partial charge >= 0.3 is 0 Å². The number of amides is 1. The normalized spacial score (nSPS) is 11.2. The molecule has 0 bridgehead atoms. The van der Waals surface area contributed by atoms with E-state index in [9.17, 15) is 13.2 Å². The van der Waals surface area contributed by atoms with E-state index in [-0.39, 0.29) is 10.8 Å². The zero-order valence-corrected chi connectivity index (χ0v) is 12.7. The number of rotatable bonds is 3. The predicted octanol–water partition coefficient (Wildman–Crippen LogP) is 1.81. The third-order valence-electron chi connectivity index (χ3n) is 2.74. The maximum atomic E-state index is 12.0. The molecule has 2 aromatic heterocycles.